The summed E-state index contributed by atoms with van der Waals surface area (Å²) in [4.78, 5) is 8.80. The highest BCUT2D eigenvalue weighted by atomic mass is 79.9. The molecule has 0 aliphatic carbocycles. The lowest BCUT2D eigenvalue weighted by molar-refractivity contribution is 0.376. The van der Waals surface area contributed by atoms with E-state index < -0.39 is 0 Å². The zero-order chi connectivity index (χ0) is 12.6. The predicted molar refractivity (Wildman–Crippen MR) is 73.8 cm³/mol. The van der Waals surface area contributed by atoms with Crippen LogP contribution in [0.5, 0.6) is 0 Å². The van der Waals surface area contributed by atoms with Gasteiger partial charge in [0.15, 0.2) is 5.65 Å². The summed E-state index contributed by atoms with van der Waals surface area (Å²) < 4.78 is 2.97. The van der Waals surface area contributed by atoms with Gasteiger partial charge in [-0.25, -0.2) is 9.97 Å². The molecule has 4 nitrogen and oxygen atoms in total. The molecule has 2 N–H and O–H groups in total. The number of pyridine rings is 1. The van der Waals surface area contributed by atoms with Gasteiger partial charge in [-0.1, -0.05) is 20.8 Å². The van der Waals surface area contributed by atoms with E-state index in [4.69, 9.17) is 5.73 Å². The number of hydrogen-bond acceptors (Lipinski definition) is 3. The maximum absolute atomic E-state index is 6.01. The number of imidazole rings is 1. The average molecular weight is 297 g/mol. The minimum Gasteiger partial charge on any atom is -0.369 e. The van der Waals surface area contributed by atoms with Crippen molar-refractivity contribution in [2.24, 2.45) is 5.92 Å². The second-order valence-corrected chi connectivity index (χ2v) is 5.47. The van der Waals surface area contributed by atoms with E-state index in [1.807, 2.05) is 10.6 Å². The van der Waals surface area contributed by atoms with E-state index >= 15 is 0 Å². The third kappa shape index (κ3) is 2.16. The molecule has 0 amide bonds. The van der Waals surface area contributed by atoms with E-state index in [9.17, 15) is 0 Å². The number of aromatic nitrogens is 3. The molecule has 2 aromatic rings. The number of nitrogens with zero attached hydrogens (tertiary/aromatic N) is 3. The van der Waals surface area contributed by atoms with Crippen LogP contribution in [0.15, 0.2) is 16.7 Å². The molecule has 92 valence electrons. The number of nitrogen functional groups attached to an aromatic ring is 1. The van der Waals surface area contributed by atoms with Gasteiger partial charge in [-0.2, -0.15) is 0 Å². The second kappa shape index (κ2) is 4.64. The van der Waals surface area contributed by atoms with Crippen molar-refractivity contribution < 1.29 is 0 Å². The van der Waals surface area contributed by atoms with E-state index in [1.165, 1.54) is 0 Å². The normalized spacial score (nSPS) is 13.5. The van der Waals surface area contributed by atoms with Crippen LogP contribution in [0.2, 0.25) is 0 Å². The number of anilines is 1. The molecule has 0 saturated carbocycles. The minimum atomic E-state index is 0.341. The maximum Gasteiger partial charge on any atom is 0.202 e. The molecule has 0 aliphatic rings. The van der Waals surface area contributed by atoms with Gasteiger partial charge in [0.1, 0.15) is 5.52 Å². The molecule has 1 atom stereocenters. The summed E-state index contributed by atoms with van der Waals surface area (Å²) in [5, 5.41) is 0. The molecule has 0 radical (unpaired) electrons. The Balaban J connectivity index is 2.63. The molecule has 17 heavy (non-hydrogen) atoms. The Morgan fingerprint density at radius 2 is 2.18 bits per heavy atom. The van der Waals surface area contributed by atoms with Gasteiger partial charge in [0.2, 0.25) is 5.95 Å². The van der Waals surface area contributed by atoms with Crippen LogP contribution < -0.4 is 5.73 Å². The van der Waals surface area contributed by atoms with Crippen LogP contribution >= 0.6 is 15.9 Å². The summed E-state index contributed by atoms with van der Waals surface area (Å²) in [5.41, 5.74) is 7.72. The molecule has 5 heteroatoms. The molecule has 2 rings (SSSR count). The number of nitrogens with two attached hydrogens (primary N) is 1. The predicted octanol–water partition coefficient (Wildman–Crippen LogP) is 3.38. The minimum absolute atomic E-state index is 0.341. The SMILES string of the molecule is CCC(C(C)C)n1c(N)nc2cc(Br)cnc21. The quantitative estimate of drug-likeness (QED) is 0.944. The van der Waals surface area contributed by atoms with Gasteiger partial charge in [-0.3, -0.25) is 4.57 Å². The average Bonchev–Trinajstić information content (AvgIpc) is 2.55. The summed E-state index contributed by atoms with van der Waals surface area (Å²) in [7, 11) is 0. The van der Waals surface area contributed by atoms with E-state index in [0.717, 1.165) is 22.1 Å². The summed E-state index contributed by atoms with van der Waals surface area (Å²) >= 11 is 3.40. The van der Waals surface area contributed by atoms with Crippen molar-refractivity contribution in [3.63, 3.8) is 0 Å². The first-order chi connectivity index (χ1) is 8.04. The molecule has 1 unspecified atom stereocenters. The fraction of sp³-hybridized carbons (Fsp3) is 0.500. The van der Waals surface area contributed by atoms with Crippen LogP contribution in [0.3, 0.4) is 0 Å². The Labute approximate surface area is 109 Å². The highest BCUT2D eigenvalue weighted by molar-refractivity contribution is 9.10. The molecule has 0 spiro atoms. The van der Waals surface area contributed by atoms with E-state index in [1.54, 1.807) is 6.20 Å². The summed E-state index contributed by atoms with van der Waals surface area (Å²) in [6.45, 7) is 6.55. The van der Waals surface area contributed by atoms with Gasteiger partial charge in [-0.15, -0.1) is 0 Å². The number of fused-ring (bicyclic) bond motifs is 1. The lowest BCUT2D eigenvalue weighted by Crippen LogP contribution is -2.16. The van der Waals surface area contributed by atoms with Gasteiger partial charge < -0.3 is 5.73 Å². The van der Waals surface area contributed by atoms with Crippen molar-refractivity contribution in [3.8, 4) is 0 Å². The van der Waals surface area contributed by atoms with Crippen LogP contribution in [0.1, 0.15) is 33.2 Å². The van der Waals surface area contributed by atoms with Crippen LogP contribution in [-0.4, -0.2) is 14.5 Å². The molecule has 0 bridgehead atoms. The highest BCUT2D eigenvalue weighted by Gasteiger charge is 2.20. The maximum atomic E-state index is 6.01. The van der Waals surface area contributed by atoms with Crippen LogP contribution in [-0.2, 0) is 0 Å². The standard InChI is InChI=1S/C12H17BrN4/c1-4-10(7(2)3)17-11-9(16-12(17)14)5-8(13)6-15-11/h5-7,10H,4H2,1-3H3,(H2,14,16). The summed E-state index contributed by atoms with van der Waals surface area (Å²) in [6, 6.07) is 2.29. The Kier molecular flexibility index (Phi) is 3.38. The first-order valence-electron chi connectivity index (χ1n) is 5.83. The molecule has 0 fully saturated rings. The Bertz CT molecular complexity index is 533. The fourth-order valence-electron chi connectivity index (χ4n) is 2.25. The van der Waals surface area contributed by atoms with E-state index in [-0.39, 0.29) is 0 Å². The Hall–Kier alpha value is -1.10. The zero-order valence-corrected chi connectivity index (χ0v) is 11.9. The Morgan fingerprint density at radius 1 is 1.47 bits per heavy atom. The lowest BCUT2D eigenvalue weighted by atomic mass is 10.0. The van der Waals surface area contributed by atoms with Crippen molar-refractivity contribution >= 4 is 33.0 Å². The number of hydrogen-bond donors (Lipinski definition) is 1. The lowest BCUT2D eigenvalue weighted by Gasteiger charge is -2.22. The van der Waals surface area contributed by atoms with Crippen molar-refractivity contribution in [2.45, 2.75) is 33.2 Å². The smallest absolute Gasteiger partial charge is 0.202 e. The molecule has 2 heterocycles. The van der Waals surface area contributed by atoms with Crippen LogP contribution in [0.4, 0.5) is 5.95 Å². The summed E-state index contributed by atoms with van der Waals surface area (Å²) in [6.07, 6.45) is 2.80. The van der Waals surface area contributed by atoms with Crippen LogP contribution in [0, 0.1) is 5.92 Å². The van der Waals surface area contributed by atoms with Gasteiger partial charge in [0.25, 0.3) is 0 Å². The summed E-state index contributed by atoms with van der Waals surface area (Å²) in [5.74, 6) is 1.05. The molecule has 0 aromatic carbocycles. The molecule has 0 aliphatic heterocycles. The molecular formula is C12H17BrN4. The van der Waals surface area contributed by atoms with Gasteiger partial charge >= 0.3 is 0 Å². The van der Waals surface area contributed by atoms with Gasteiger partial charge in [0.05, 0.1) is 0 Å². The topological polar surface area (TPSA) is 56.7 Å². The molecule has 0 saturated heterocycles. The van der Waals surface area contributed by atoms with Gasteiger partial charge in [-0.05, 0) is 34.3 Å². The number of rotatable bonds is 3. The van der Waals surface area contributed by atoms with Crippen molar-refractivity contribution in [1.82, 2.24) is 14.5 Å². The largest absolute Gasteiger partial charge is 0.369 e. The van der Waals surface area contributed by atoms with E-state index in [2.05, 4.69) is 46.7 Å². The first kappa shape index (κ1) is 12.4. The van der Waals surface area contributed by atoms with Crippen molar-refractivity contribution in [3.05, 3.63) is 16.7 Å². The highest BCUT2D eigenvalue weighted by Crippen LogP contribution is 2.29. The Morgan fingerprint density at radius 3 is 2.76 bits per heavy atom. The fourth-order valence-corrected chi connectivity index (χ4v) is 2.57. The van der Waals surface area contributed by atoms with Gasteiger partial charge in [0, 0.05) is 16.7 Å². The monoisotopic (exact) mass is 296 g/mol. The van der Waals surface area contributed by atoms with Crippen LogP contribution in [0.25, 0.3) is 11.2 Å². The molecular weight excluding hydrogens is 280 g/mol. The second-order valence-electron chi connectivity index (χ2n) is 4.56. The number of halogens is 1. The third-order valence-electron chi connectivity index (χ3n) is 3.04. The van der Waals surface area contributed by atoms with Crippen molar-refractivity contribution in [2.75, 3.05) is 5.73 Å². The van der Waals surface area contributed by atoms with E-state index in [0.29, 0.717) is 17.9 Å². The van der Waals surface area contributed by atoms with Crippen molar-refractivity contribution in [1.29, 1.82) is 0 Å². The zero-order valence-electron chi connectivity index (χ0n) is 10.3. The first-order valence-corrected chi connectivity index (χ1v) is 6.62. The molecule has 2 aromatic heterocycles. The third-order valence-corrected chi connectivity index (χ3v) is 3.48.